The van der Waals surface area contributed by atoms with Gasteiger partial charge in [-0.25, -0.2) is 24.9 Å². The predicted octanol–water partition coefficient (Wildman–Crippen LogP) is 6.48. The minimum atomic E-state index is -4.58. The van der Waals surface area contributed by atoms with Crippen molar-refractivity contribution >= 4 is 28.6 Å². The summed E-state index contributed by atoms with van der Waals surface area (Å²) in [4.78, 5) is 44.9. The van der Waals surface area contributed by atoms with Gasteiger partial charge in [0.1, 0.15) is 22.7 Å². The Morgan fingerprint density at radius 1 is 1.00 bits per heavy atom. The first kappa shape index (κ1) is 37.0. The van der Waals surface area contributed by atoms with E-state index in [1.54, 1.807) is 25.6 Å². The summed E-state index contributed by atoms with van der Waals surface area (Å²) < 4.78 is 53.0. The molecule has 0 aromatic carbocycles. The number of anilines is 2. The van der Waals surface area contributed by atoms with Crippen LogP contribution in [0.15, 0.2) is 30.6 Å². The molecule has 0 spiro atoms. The van der Waals surface area contributed by atoms with E-state index in [0.717, 1.165) is 82.3 Å². The van der Waals surface area contributed by atoms with E-state index in [1.807, 2.05) is 20.0 Å². The van der Waals surface area contributed by atoms with Crippen molar-refractivity contribution in [2.75, 3.05) is 76.4 Å². The fourth-order valence-electron chi connectivity index (χ4n) is 7.81. The number of hydrogen-bond donors (Lipinski definition) is 1. The number of H-pyrrole nitrogens is 1. The van der Waals surface area contributed by atoms with Crippen molar-refractivity contribution in [3.05, 3.63) is 42.0 Å². The lowest BCUT2D eigenvalue weighted by Gasteiger charge is -2.40. The van der Waals surface area contributed by atoms with E-state index < -0.39 is 11.9 Å². The van der Waals surface area contributed by atoms with Crippen LogP contribution in [0, 0.1) is 5.41 Å². The molecular weight excluding hydrogens is 687 g/mol. The van der Waals surface area contributed by atoms with Crippen LogP contribution in [-0.4, -0.2) is 107 Å². The van der Waals surface area contributed by atoms with Gasteiger partial charge < -0.3 is 24.3 Å². The Hall–Kier alpha value is -4.37. The molecular formula is C38H48F3N9O3. The van der Waals surface area contributed by atoms with Gasteiger partial charge in [-0.1, -0.05) is 19.3 Å². The number of methoxy groups -OCH3 is 1. The van der Waals surface area contributed by atoms with Crippen molar-refractivity contribution < 1.29 is 27.4 Å². The van der Waals surface area contributed by atoms with Gasteiger partial charge in [-0.3, -0.25) is 9.69 Å². The maximum Gasteiger partial charge on any atom is 0.433 e. The molecule has 0 bridgehead atoms. The molecule has 3 aliphatic rings. The molecule has 0 radical (unpaired) electrons. The van der Waals surface area contributed by atoms with Crippen molar-refractivity contribution in [3.8, 4) is 22.8 Å². The summed E-state index contributed by atoms with van der Waals surface area (Å²) in [5, 5.41) is 0. The zero-order valence-electron chi connectivity index (χ0n) is 30.7. The number of aromatic nitrogens is 6. The molecule has 284 valence electrons. The summed E-state index contributed by atoms with van der Waals surface area (Å²) in [6, 6.07) is 4.70. The van der Waals surface area contributed by atoms with Crippen molar-refractivity contribution in [1.82, 2.24) is 34.8 Å². The van der Waals surface area contributed by atoms with Crippen LogP contribution in [0.25, 0.3) is 33.9 Å². The van der Waals surface area contributed by atoms with Crippen LogP contribution in [0.2, 0.25) is 0 Å². The van der Waals surface area contributed by atoms with Gasteiger partial charge in [0.15, 0.2) is 11.5 Å². The highest BCUT2D eigenvalue weighted by Crippen LogP contribution is 2.43. The van der Waals surface area contributed by atoms with Gasteiger partial charge in [-0.15, -0.1) is 0 Å². The molecule has 0 amide bonds. The Balaban J connectivity index is 1.19. The second kappa shape index (κ2) is 15.5. The molecule has 3 fully saturated rings. The zero-order chi connectivity index (χ0) is 37.2. The Labute approximate surface area is 307 Å². The third kappa shape index (κ3) is 8.56. The molecule has 1 saturated heterocycles. The van der Waals surface area contributed by atoms with E-state index in [9.17, 15) is 18.0 Å². The number of aromatic amines is 1. The first-order valence-electron chi connectivity index (χ1n) is 18.7. The molecule has 2 aliphatic carbocycles. The van der Waals surface area contributed by atoms with Crippen LogP contribution in [-0.2, 0) is 20.4 Å². The second-order valence-corrected chi connectivity index (χ2v) is 14.7. The highest BCUT2D eigenvalue weighted by atomic mass is 19.4. The minimum Gasteiger partial charge on any atom is -0.466 e. The van der Waals surface area contributed by atoms with Crippen LogP contribution < -0.4 is 9.80 Å². The molecule has 5 heterocycles. The Kier molecular flexibility index (Phi) is 10.8. The third-order valence-electron chi connectivity index (χ3n) is 10.7. The number of nitrogens with zero attached hydrogens (tertiary/aromatic N) is 8. The third-order valence-corrected chi connectivity index (χ3v) is 10.7. The normalized spacial score (nSPS) is 18.0. The van der Waals surface area contributed by atoms with Crippen LogP contribution in [0.5, 0.6) is 0 Å². The van der Waals surface area contributed by atoms with Gasteiger partial charge in [0, 0.05) is 76.0 Å². The predicted molar refractivity (Wildman–Crippen MR) is 196 cm³/mol. The Morgan fingerprint density at radius 3 is 2.43 bits per heavy atom. The van der Waals surface area contributed by atoms with Crippen molar-refractivity contribution in [1.29, 1.82) is 0 Å². The number of rotatable bonds is 13. The van der Waals surface area contributed by atoms with E-state index in [0.29, 0.717) is 72.4 Å². The molecule has 4 aromatic heterocycles. The molecule has 4 aromatic rings. The number of piperazine rings is 1. The molecule has 12 nitrogen and oxygen atoms in total. The van der Waals surface area contributed by atoms with Crippen molar-refractivity contribution in [3.63, 3.8) is 0 Å². The number of pyridine rings is 2. The molecule has 1 N–H and O–H groups in total. The summed E-state index contributed by atoms with van der Waals surface area (Å²) in [7, 11) is 3.75. The number of hydrogen-bond acceptors (Lipinski definition) is 11. The quantitative estimate of drug-likeness (QED) is 0.152. The van der Waals surface area contributed by atoms with Crippen LogP contribution in [0.4, 0.5) is 24.7 Å². The summed E-state index contributed by atoms with van der Waals surface area (Å²) in [5.74, 6) is 1.06. The fourth-order valence-corrected chi connectivity index (χ4v) is 7.81. The number of imidazole rings is 1. The van der Waals surface area contributed by atoms with Crippen LogP contribution in [0.1, 0.15) is 75.6 Å². The Bertz CT molecular complexity index is 1880. The number of carbonyl (C=O) groups excluding carboxylic acids is 1. The van der Waals surface area contributed by atoms with Crippen molar-refractivity contribution in [2.24, 2.45) is 5.41 Å². The minimum absolute atomic E-state index is 0.0286. The standard InChI is InChI=1S/C38H48F3N9O3/c1-4-53-33(51)10-13-49-14-16-50(17-15-49)32-22-42-29(21-43-32)35-46-34-30(48(2)23-37(24-52-3)11-6-5-7-12-37)20-28(45-36(34)47-35)26-18-27(25-8-9-25)44-31(19-26)38(39,40)41/h18-22,25H,4-17,23-24H2,1-3H3,(H,45,46,47). The van der Waals surface area contributed by atoms with Gasteiger partial charge in [0.05, 0.1) is 43.4 Å². The Morgan fingerprint density at radius 2 is 1.77 bits per heavy atom. The monoisotopic (exact) mass is 735 g/mol. The van der Waals surface area contributed by atoms with Crippen molar-refractivity contribution in [2.45, 2.75) is 70.4 Å². The average Bonchev–Trinajstić information content (AvgIpc) is 3.92. The topological polar surface area (TPSA) is 125 Å². The maximum absolute atomic E-state index is 14.1. The number of fused-ring (bicyclic) bond motifs is 1. The van der Waals surface area contributed by atoms with E-state index in [-0.39, 0.29) is 17.3 Å². The van der Waals surface area contributed by atoms with Gasteiger partial charge in [0.25, 0.3) is 0 Å². The lowest BCUT2D eigenvalue weighted by atomic mass is 9.74. The highest BCUT2D eigenvalue weighted by Gasteiger charge is 2.37. The molecule has 0 unspecified atom stereocenters. The first-order chi connectivity index (χ1) is 25.5. The summed E-state index contributed by atoms with van der Waals surface area (Å²) >= 11 is 0. The molecule has 7 rings (SSSR count). The van der Waals surface area contributed by atoms with Crippen LogP contribution in [0.3, 0.4) is 0 Å². The fraction of sp³-hybridized carbons (Fsp3) is 0.579. The lowest BCUT2D eigenvalue weighted by molar-refractivity contribution is -0.143. The van der Waals surface area contributed by atoms with E-state index in [1.165, 1.54) is 6.42 Å². The number of halogens is 3. The largest absolute Gasteiger partial charge is 0.466 e. The number of nitrogens with one attached hydrogen (secondary N) is 1. The molecule has 0 atom stereocenters. The van der Waals surface area contributed by atoms with Gasteiger partial charge >= 0.3 is 12.1 Å². The van der Waals surface area contributed by atoms with E-state index >= 15 is 0 Å². The van der Waals surface area contributed by atoms with E-state index in [2.05, 4.69) is 24.7 Å². The number of esters is 1. The van der Waals surface area contributed by atoms with Gasteiger partial charge in [-0.05, 0) is 50.8 Å². The van der Waals surface area contributed by atoms with Gasteiger partial charge in [0.2, 0.25) is 0 Å². The summed E-state index contributed by atoms with van der Waals surface area (Å²) in [6.07, 6.45) is 6.38. The molecule has 2 saturated carbocycles. The number of ether oxygens (including phenoxy) is 2. The highest BCUT2D eigenvalue weighted by molar-refractivity contribution is 5.91. The number of alkyl halides is 3. The van der Waals surface area contributed by atoms with Crippen LogP contribution >= 0.6 is 0 Å². The van der Waals surface area contributed by atoms with Gasteiger partial charge in [-0.2, -0.15) is 13.2 Å². The molecule has 1 aliphatic heterocycles. The zero-order valence-corrected chi connectivity index (χ0v) is 30.7. The SMILES string of the molecule is CCOC(=O)CCN1CCN(c2cnc(-c3nc4nc(-c5cc(C6CC6)nc(C(F)(F)F)c5)cc(N(C)CC5(COC)CCCCC5)c4[nH]3)cn2)CC1. The molecule has 15 heteroatoms. The average molecular weight is 736 g/mol. The lowest BCUT2D eigenvalue weighted by Crippen LogP contribution is -2.47. The number of carbonyl (C=O) groups is 1. The summed E-state index contributed by atoms with van der Waals surface area (Å²) in [5.41, 5.74) is 2.62. The maximum atomic E-state index is 14.1. The molecule has 53 heavy (non-hydrogen) atoms. The first-order valence-corrected chi connectivity index (χ1v) is 18.7. The second-order valence-electron chi connectivity index (χ2n) is 14.7. The smallest absolute Gasteiger partial charge is 0.433 e. The van der Waals surface area contributed by atoms with E-state index in [4.69, 9.17) is 29.4 Å². The summed E-state index contributed by atoms with van der Waals surface area (Å²) in [6.45, 7) is 7.29.